The number of carbonyl (C=O) groups excluding carboxylic acids is 1. The van der Waals surface area contributed by atoms with E-state index in [2.05, 4.69) is 5.10 Å². The van der Waals surface area contributed by atoms with Gasteiger partial charge in [-0.05, 0) is 12.1 Å². The van der Waals surface area contributed by atoms with E-state index >= 15 is 0 Å². The van der Waals surface area contributed by atoms with E-state index < -0.39 is 5.97 Å². The van der Waals surface area contributed by atoms with Crippen molar-refractivity contribution in [3.8, 4) is 11.6 Å². The fourth-order valence-electron chi connectivity index (χ4n) is 1.85. The van der Waals surface area contributed by atoms with Gasteiger partial charge in [-0.3, -0.25) is 0 Å². The summed E-state index contributed by atoms with van der Waals surface area (Å²) >= 11 is 0. The lowest BCUT2D eigenvalue weighted by Crippen LogP contribution is -2.16. The highest BCUT2D eigenvalue weighted by molar-refractivity contribution is 5.91. The summed E-state index contributed by atoms with van der Waals surface area (Å²) in [6.45, 7) is 1.42. The first-order chi connectivity index (χ1) is 8.84. The van der Waals surface area contributed by atoms with E-state index in [1.54, 1.807) is 28.9 Å². The fraction of sp³-hybridized carbons (Fsp3) is 0.231. The van der Waals surface area contributed by atoms with Gasteiger partial charge >= 0.3 is 5.97 Å². The van der Waals surface area contributed by atoms with Crippen LogP contribution in [0.4, 0.5) is 0 Å². The molecule has 0 bridgehead atoms. The molecule has 1 aliphatic heterocycles. The van der Waals surface area contributed by atoms with Gasteiger partial charge in [-0.1, -0.05) is 18.2 Å². The third-order valence-corrected chi connectivity index (χ3v) is 2.72. The number of ether oxygens (including phenoxy) is 2. The largest absolute Gasteiger partial charge is 0.475 e. The summed E-state index contributed by atoms with van der Waals surface area (Å²) in [6, 6.07) is 8.85. The van der Waals surface area contributed by atoms with Crippen LogP contribution in [0, 0.1) is 0 Å². The highest BCUT2D eigenvalue weighted by atomic mass is 16.6. The highest BCUT2D eigenvalue weighted by Crippen LogP contribution is 2.30. The van der Waals surface area contributed by atoms with Crippen molar-refractivity contribution in [2.75, 3.05) is 6.61 Å². The molecule has 0 fully saturated rings. The van der Waals surface area contributed by atoms with Gasteiger partial charge in [0.1, 0.15) is 0 Å². The highest BCUT2D eigenvalue weighted by Gasteiger charge is 2.20. The lowest BCUT2D eigenvalue weighted by molar-refractivity contribution is 0.0725. The van der Waals surface area contributed by atoms with Crippen LogP contribution in [0.2, 0.25) is 0 Å². The van der Waals surface area contributed by atoms with Crippen molar-refractivity contribution in [2.24, 2.45) is 0 Å². The molecule has 5 nitrogen and oxygen atoms in total. The molecule has 2 aromatic rings. The summed E-state index contributed by atoms with van der Waals surface area (Å²) in [5.74, 6) is 0.509. The Morgan fingerprint density at radius 3 is 3.00 bits per heavy atom. The van der Waals surface area contributed by atoms with E-state index in [-0.39, 0.29) is 0 Å². The van der Waals surface area contributed by atoms with E-state index in [0.717, 1.165) is 13.0 Å². The van der Waals surface area contributed by atoms with E-state index in [4.69, 9.17) is 9.47 Å². The Morgan fingerprint density at radius 2 is 2.17 bits per heavy atom. The van der Waals surface area contributed by atoms with Crippen LogP contribution in [0.25, 0.3) is 0 Å². The maximum Gasteiger partial charge on any atom is 0.343 e. The first-order valence-corrected chi connectivity index (χ1v) is 5.80. The number of hydrogen-bond donors (Lipinski definition) is 0. The molecule has 5 heteroatoms. The van der Waals surface area contributed by atoms with Crippen molar-refractivity contribution in [3.05, 3.63) is 42.1 Å². The summed E-state index contributed by atoms with van der Waals surface area (Å²) < 4.78 is 12.5. The van der Waals surface area contributed by atoms with Crippen molar-refractivity contribution in [2.45, 2.75) is 13.0 Å². The third kappa shape index (κ3) is 1.95. The van der Waals surface area contributed by atoms with Gasteiger partial charge in [0.2, 0.25) is 5.75 Å². The molecule has 0 unspecified atom stereocenters. The normalized spacial score (nSPS) is 13.6. The van der Waals surface area contributed by atoms with Gasteiger partial charge in [-0.25, -0.2) is 9.48 Å². The van der Waals surface area contributed by atoms with E-state index in [1.807, 2.05) is 6.07 Å². The van der Waals surface area contributed by atoms with Crippen LogP contribution < -0.4 is 9.47 Å². The van der Waals surface area contributed by atoms with Crippen molar-refractivity contribution in [1.82, 2.24) is 9.78 Å². The Kier molecular flexibility index (Phi) is 2.72. The minimum Gasteiger partial charge on any atom is -0.475 e. The monoisotopic (exact) mass is 244 g/mol. The van der Waals surface area contributed by atoms with Crippen molar-refractivity contribution in [3.63, 3.8) is 0 Å². The topological polar surface area (TPSA) is 53.3 Å². The molecule has 0 N–H and O–H groups in total. The summed E-state index contributed by atoms with van der Waals surface area (Å²) in [7, 11) is 0. The van der Waals surface area contributed by atoms with E-state index in [9.17, 15) is 4.79 Å². The first-order valence-electron chi connectivity index (χ1n) is 5.80. The maximum atomic E-state index is 11.9. The maximum absolute atomic E-state index is 11.9. The van der Waals surface area contributed by atoms with Crippen molar-refractivity contribution in [1.29, 1.82) is 0 Å². The lowest BCUT2D eigenvalue weighted by atomic mass is 10.2. The summed E-state index contributed by atoms with van der Waals surface area (Å²) in [5, 5.41) is 4.12. The van der Waals surface area contributed by atoms with Gasteiger partial charge in [0.05, 0.1) is 18.4 Å². The van der Waals surface area contributed by atoms with E-state index in [1.165, 1.54) is 6.20 Å². The number of carbonyl (C=O) groups is 1. The van der Waals surface area contributed by atoms with Crippen LogP contribution in [0.15, 0.2) is 36.5 Å². The second kappa shape index (κ2) is 4.52. The summed E-state index contributed by atoms with van der Waals surface area (Å²) in [5.41, 5.74) is 0.508. The zero-order chi connectivity index (χ0) is 12.4. The Balaban J connectivity index is 1.81. The quantitative estimate of drug-likeness (QED) is 0.757. The van der Waals surface area contributed by atoms with Gasteiger partial charge in [-0.15, -0.1) is 0 Å². The molecule has 1 aliphatic rings. The molecule has 0 atom stereocenters. The van der Waals surface area contributed by atoms with Crippen molar-refractivity contribution >= 4 is 5.97 Å². The molecule has 1 aromatic heterocycles. The number of aromatic nitrogens is 2. The number of esters is 1. The van der Waals surface area contributed by atoms with E-state index in [0.29, 0.717) is 23.8 Å². The second-order valence-electron chi connectivity index (χ2n) is 3.99. The van der Waals surface area contributed by atoms with Gasteiger partial charge in [0, 0.05) is 13.0 Å². The van der Waals surface area contributed by atoms with Gasteiger partial charge in [0.25, 0.3) is 5.88 Å². The van der Waals surface area contributed by atoms with Crippen LogP contribution in [0.1, 0.15) is 16.8 Å². The van der Waals surface area contributed by atoms with Gasteiger partial charge in [0.15, 0.2) is 0 Å². The molecule has 0 saturated carbocycles. The summed E-state index contributed by atoms with van der Waals surface area (Å²) in [6.07, 6.45) is 2.43. The standard InChI is InChI=1S/C13H12N2O3/c16-13(10-5-2-1-3-6-10)18-11-9-14-15-7-4-8-17-12(11)15/h1-3,5-6,9H,4,7-8H2. The molecule has 1 aromatic carbocycles. The van der Waals surface area contributed by atoms with Gasteiger partial charge < -0.3 is 9.47 Å². The molecule has 18 heavy (non-hydrogen) atoms. The van der Waals surface area contributed by atoms with Crippen LogP contribution in [-0.4, -0.2) is 22.4 Å². The van der Waals surface area contributed by atoms with Crippen LogP contribution in [-0.2, 0) is 6.54 Å². The number of hydrogen-bond acceptors (Lipinski definition) is 4. The van der Waals surface area contributed by atoms with Crippen molar-refractivity contribution < 1.29 is 14.3 Å². The average molecular weight is 244 g/mol. The third-order valence-electron chi connectivity index (χ3n) is 2.72. The molecule has 0 spiro atoms. The number of fused-ring (bicyclic) bond motifs is 1. The number of rotatable bonds is 2. The van der Waals surface area contributed by atoms with Gasteiger partial charge in [-0.2, -0.15) is 5.10 Å². The Labute approximate surface area is 104 Å². The number of benzene rings is 1. The predicted octanol–water partition coefficient (Wildman–Crippen LogP) is 1.88. The predicted molar refractivity (Wildman–Crippen MR) is 63.7 cm³/mol. The molecule has 0 saturated heterocycles. The molecule has 3 rings (SSSR count). The molecule has 0 aliphatic carbocycles. The molecular formula is C13H12N2O3. The molecule has 2 heterocycles. The summed E-state index contributed by atoms with van der Waals surface area (Å²) in [4.78, 5) is 11.9. The molecular weight excluding hydrogens is 232 g/mol. The van der Waals surface area contributed by atoms with Crippen LogP contribution in [0.3, 0.4) is 0 Å². The average Bonchev–Trinajstić information content (AvgIpc) is 2.83. The number of nitrogens with zero attached hydrogens (tertiary/aromatic N) is 2. The van der Waals surface area contributed by atoms with Crippen LogP contribution in [0.5, 0.6) is 11.6 Å². The smallest absolute Gasteiger partial charge is 0.343 e. The molecule has 92 valence electrons. The zero-order valence-electron chi connectivity index (χ0n) is 9.70. The Hall–Kier alpha value is -2.30. The lowest BCUT2D eigenvalue weighted by Gasteiger charge is -2.15. The first kappa shape index (κ1) is 10.8. The minimum atomic E-state index is -0.402. The SMILES string of the molecule is O=C(Oc1cnn2c1OCCC2)c1ccccc1. The van der Waals surface area contributed by atoms with Crippen LogP contribution >= 0.6 is 0 Å². The Morgan fingerprint density at radius 1 is 1.33 bits per heavy atom. The molecule has 0 radical (unpaired) electrons. The second-order valence-corrected chi connectivity index (χ2v) is 3.99. The zero-order valence-corrected chi connectivity index (χ0v) is 9.70. The minimum absolute atomic E-state index is 0.378. The fourth-order valence-corrected chi connectivity index (χ4v) is 1.85. The molecule has 0 amide bonds. The number of aryl methyl sites for hydroxylation is 1. The Bertz CT molecular complexity index is 563.